The number of alkyl halides is 1. The summed E-state index contributed by atoms with van der Waals surface area (Å²) < 4.78 is 51.7. The van der Waals surface area contributed by atoms with Gasteiger partial charge in [0.05, 0.1) is 121 Å². The number of hydrogen-bond acceptors (Lipinski definition) is 10. The molecule has 1 aromatic rings. The lowest BCUT2D eigenvalue weighted by Crippen LogP contribution is -2.12. The molecule has 0 aliphatic carbocycles. The Balaban J connectivity index is -0.000000590. The number of benzene rings is 1. The van der Waals surface area contributed by atoms with Gasteiger partial charge in [0.25, 0.3) is 0 Å². The number of hydrogen-bond donors (Lipinski definition) is 3. The molecule has 36 heavy (non-hydrogen) atoms. The summed E-state index contributed by atoms with van der Waals surface area (Å²) in [6, 6.07) is 10.1. The summed E-state index contributed by atoms with van der Waals surface area (Å²) in [6.07, 6.45) is 0. The fourth-order valence-electron chi connectivity index (χ4n) is 2.16. The topological polar surface area (TPSA) is 125 Å². The minimum Gasteiger partial charge on any atom is -0.394 e. The van der Waals surface area contributed by atoms with Crippen LogP contribution in [0.3, 0.4) is 0 Å². The van der Waals surface area contributed by atoms with Crippen molar-refractivity contribution >= 4 is 0 Å². The van der Waals surface area contributed by atoms with Gasteiger partial charge in [-0.15, -0.1) is 0 Å². The van der Waals surface area contributed by atoms with Crippen LogP contribution in [0.1, 0.15) is 14.4 Å². The normalized spacial score (nSPS) is 10.4. The van der Waals surface area contributed by atoms with Crippen molar-refractivity contribution in [2.24, 2.45) is 0 Å². The Labute approximate surface area is 217 Å². The predicted molar refractivity (Wildman–Crippen MR) is 136 cm³/mol. The van der Waals surface area contributed by atoms with E-state index in [4.69, 9.17) is 49.8 Å². The minimum atomic E-state index is -1.00. The van der Waals surface area contributed by atoms with Crippen molar-refractivity contribution in [3.05, 3.63) is 35.9 Å². The summed E-state index contributed by atoms with van der Waals surface area (Å²) >= 11 is 0. The van der Waals surface area contributed by atoms with Crippen LogP contribution in [0, 0.1) is 0 Å². The molecule has 0 radical (unpaired) electrons. The van der Waals surface area contributed by atoms with Gasteiger partial charge in [0.1, 0.15) is 0 Å². The highest BCUT2D eigenvalue weighted by Crippen LogP contribution is 1.99. The average molecular weight is 530 g/mol. The molecule has 0 atom stereocenters. The number of aliphatic hydroxyl groups is 3. The average Bonchev–Trinajstić information content (AvgIpc) is 2.90. The summed E-state index contributed by atoms with van der Waals surface area (Å²) in [4.78, 5) is 0. The van der Waals surface area contributed by atoms with Gasteiger partial charge >= 0.3 is 0 Å². The summed E-state index contributed by atoms with van der Waals surface area (Å²) in [5.74, 6) is 0. The molecule has 10 nitrogen and oxygen atoms in total. The van der Waals surface area contributed by atoms with Crippen LogP contribution in [0.2, 0.25) is 0 Å². The van der Waals surface area contributed by atoms with Gasteiger partial charge in [0, 0.05) is 0 Å². The molecule has 0 bridgehead atoms. The molecule has 0 amide bonds. The van der Waals surface area contributed by atoms with Crippen LogP contribution in [0.15, 0.2) is 30.3 Å². The van der Waals surface area contributed by atoms with E-state index in [1.165, 1.54) is 5.56 Å². The molecule has 216 valence electrons. The zero-order chi connectivity index (χ0) is 26.8. The lowest BCUT2D eigenvalue weighted by molar-refractivity contribution is -0.00743. The predicted octanol–water partition coefficient (Wildman–Crippen LogP) is 1.49. The summed E-state index contributed by atoms with van der Waals surface area (Å²) in [7, 11) is -1.00. The van der Waals surface area contributed by atoms with Crippen molar-refractivity contribution in [2.45, 2.75) is 14.0 Å². The molecule has 0 unspecified atom stereocenters. The molecule has 3 N–H and O–H groups in total. The van der Waals surface area contributed by atoms with Crippen LogP contribution in [-0.2, 0) is 39.8 Å². The molecule has 0 aromatic heterocycles. The zero-order valence-electron chi connectivity index (χ0n) is 21.7. The molecule has 11 heteroatoms. The smallest absolute Gasteiger partial charge is 0.0785 e. The van der Waals surface area contributed by atoms with Crippen molar-refractivity contribution in [3.63, 3.8) is 0 Å². The van der Waals surface area contributed by atoms with Gasteiger partial charge in [-0.1, -0.05) is 37.8 Å². The molecule has 0 aliphatic heterocycles. The highest BCUT2D eigenvalue weighted by atomic mass is 19.1. The summed E-state index contributed by atoms with van der Waals surface area (Å²) in [5.41, 5.74) is 1.17. The number of ether oxygens (including phenoxy) is 7. The van der Waals surface area contributed by atoms with Gasteiger partial charge in [0.15, 0.2) is 0 Å². The second-order valence-electron chi connectivity index (χ2n) is 6.38. The van der Waals surface area contributed by atoms with Crippen LogP contribution >= 0.6 is 0 Å². The van der Waals surface area contributed by atoms with E-state index in [1.54, 1.807) is 0 Å². The van der Waals surface area contributed by atoms with E-state index in [2.05, 4.69) is 0 Å². The minimum absolute atomic E-state index is 0. The maximum absolute atomic E-state index is 9.96. The van der Waals surface area contributed by atoms with Crippen molar-refractivity contribution in [1.29, 1.82) is 0 Å². The van der Waals surface area contributed by atoms with Gasteiger partial charge in [-0.05, 0) is 5.56 Å². The van der Waals surface area contributed by atoms with Gasteiger partial charge in [-0.3, -0.25) is 4.39 Å². The van der Waals surface area contributed by atoms with Gasteiger partial charge in [0.2, 0.25) is 0 Å². The molecule has 0 saturated heterocycles. The highest BCUT2D eigenvalue weighted by Gasteiger charge is 1.94. The Morgan fingerprint density at radius 3 is 1.14 bits per heavy atom. The Kier molecular flexibility index (Phi) is 39.2. The van der Waals surface area contributed by atoms with E-state index in [1.807, 2.05) is 30.3 Å². The molecule has 1 rings (SSSR count). The van der Waals surface area contributed by atoms with Gasteiger partial charge < -0.3 is 48.5 Å². The molecule has 0 fully saturated rings. The first-order valence-corrected chi connectivity index (χ1v) is 11.5. The maximum Gasteiger partial charge on any atom is 0.0785 e. The third-order valence-electron chi connectivity index (χ3n) is 3.68. The Morgan fingerprint density at radius 2 is 0.833 bits per heavy atom. The van der Waals surface area contributed by atoms with Crippen LogP contribution in [-0.4, -0.2) is 128 Å². The Bertz CT molecular complexity index is 482. The van der Waals surface area contributed by atoms with Gasteiger partial charge in [-0.25, -0.2) is 0 Å². The standard InChI is InChI=1S/C15H24O5.C8H18O5.CH3F.CH4/c16-6-7-17-8-9-18-10-11-19-12-13-20-14-15-4-2-1-3-5-15;9-1-3-11-5-7-13-8-6-12-4-2-10;1-2;/h1-5,16H,6-14H2;9-10H,1-8H2;1H3;1H4/i;;1D;. The number of halogens is 1. The maximum atomic E-state index is 9.96. The highest BCUT2D eigenvalue weighted by molar-refractivity contribution is 5.13. The van der Waals surface area contributed by atoms with Gasteiger partial charge in [-0.2, -0.15) is 0 Å². The SMILES string of the molecule is C.OCCOCCOCCOCCO.OCCOCCOCCOCCOCc1ccccc1.[2H]CF. The van der Waals surface area contributed by atoms with E-state index < -0.39 is 7.15 Å². The first kappa shape index (κ1) is 36.9. The molecular formula is C25H49FO10. The third-order valence-corrected chi connectivity index (χ3v) is 3.68. The second-order valence-corrected chi connectivity index (χ2v) is 6.38. The fraction of sp³-hybridized carbons (Fsp3) is 0.760. The molecule has 0 aliphatic rings. The molecule has 0 heterocycles. The Morgan fingerprint density at radius 1 is 0.556 bits per heavy atom. The first-order valence-electron chi connectivity index (χ1n) is 12.2. The van der Waals surface area contributed by atoms with Crippen LogP contribution in [0.5, 0.6) is 0 Å². The van der Waals surface area contributed by atoms with Crippen molar-refractivity contribution in [2.75, 3.05) is 113 Å². The number of aliphatic hydroxyl groups excluding tert-OH is 3. The van der Waals surface area contributed by atoms with Crippen LogP contribution < -0.4 is 0 Å². The van der Waals surface area contributed by atoms with Crippen LogP contribution in [0.4, 0.5) is 4.39 Å². The molecular weight excluding hydrogens is 479 g/mol. The third kappa shape index (κ3) is 34.9. The number of rotatable bonds is 23. The molecule has 0 saturated carbocycles. The summed E-state index contributed by atoms with van der Waals surface area (Å²) in [5, 5.41) is 25.2. The van der Waals surface area contributed by atoms with E-state index >= 15 is 0 Å². The van der Waals surface area contributed by atoms with Crippen LogP contribution in [0.25, 0.3) is 0 Å². The monoisotopic (exact) mass is 529 g/mol. The molecule has 0 spiro atoms. The zero-order valence-corrected chi connectivity index (χ0v) is 20.7. The van der Waals surface area contributed by atoms with E-state index in [-0.39, 0.29) is 27.2 Å². The largest absolute Gasteiger partial charge is 0.394 e. The first-order chi connectivity index (χ1) is 17.8. The quantitative estimate of drug-likeness (QED) is 0.180. The van der Waals surface area contributed by atoms with Crippen molar-refractivity contribution in [1.82, 2.24) is 0 Å². The second kappa shape index (κ2) is 38.3. The van der Waals surface area contributed by atoms with E-state index in [9.17, 15) is 4.39 Å². The summed E-state index contributed by atoms with van der Waals surface area (Å²) in [6.45, 7) is 7.05. The van der Waals surface area contributed by atoms with E-state index in [0.717, 1.165) is 0 Å². The lowest BCUT2D eigenvalue weighted by Gasteiger charge is -2.07. The van der Waals surface area contributed by atoms with Crippen molar-refractivity contribution in [3.8, 4) is 0 Å². The van der Waals surface area contributed by atoms with E-state index in [0.29, 0.717) is 92.5 Å². The Hall–Kier alpha value is -1.25. The lowest BCUT2D eigenvalue weighted by atomic mass is 10.2. The van der Waals surface area contributed by atoms with Crippen molar-refractivity contribution < 1.29 is 54.2 Å². The fourth-order valence-corrected chi connectivity index (χ4v) is 2.16. The molecule has 1 aromatic carbocycles.